The van der Waals surface area contributed by atoms with Crippen LogP contribution in [0.15, 0.2) is 54.6 Å². The van der Waals surface area contributed by atoms with Gasteiger partial charge in [-0.2, -0.15) is 10.3 Å². The van der Waals surface area contributed by atoms with E-state index in [0.29, 0.717) is 28.3 Å². The van der Waals surface area contributed by atoms with E-state index in [4.69, 9.17) is 10.00 Å². The summed E-state index contributed by atoms with van der Waals surface area (Å²) in [7, 11) is 0. The number of carbonyl (C=O) groups excluding carboxylic acids is 3. The predicted molar refractivity (Wildman–Crippen MR) is 98.6 cm³/mol. The van der Waals surface area contributed by atoms with Crippen LogP contribution in [0.4, 0.5) is 4.79 Å². The first-order valence-electron chi connectivity index (χ1n) is 8.65. The lowest BCUT2D eigenvalue weighted by atomic mass is 9.87. The summed E-state index contributed by atoms with van der Waals surface area (Å²) >= 11 is 0. The maximum Gasteiger partial charge on any atom is 0.344 e. The Hall–Kier alpha value is -3.86. The lowest BCUT2D eigenvalue weighted by molar-refractivity contribution is -0.140. The summed E-state index contributed by atoms with van der Waals surface area (Å²) in [6.07, 6.45) is 0.329. The van der Waals surface area contributed by atoms with E-state index in [-0.39, 0.29) is 0 Å². The minimum absolute atomic E-state index is 0.329. The normalized spacial score (nSPS) is 18.4. The summed E-state index contributed by atoms with van der Waals surface area (Å²) in [6.45, 7) is 1.39. The molecule has 1 aliphatic rings. The fraction of sp³-hybridized carbons (Fsp3) is 0.200. The standard InChI is InChI=1S/C20H18N4O4/c1-2-20(15-6-4-3-5-7-15)18(26)24(19(27)22-20)23-17(25)13-28-16-10-8-14(12-21)9-11-16/h3-11H,2,13H2,1H3,(H,22,27)(H,23,25)/t20-/m0/s1. The molecule has 8 nitrogen and oxygen atoms in total. The van der Waals surface area contributed by atoms with Gasteiger partial charge in [0.1, 0.15) is 11.3 Å². The van der Waals surface area contributed by atoms with E-state index in [2.05, 4.69) is 10.7 Å². The van der Waals surface area contributed by atoms with Gasteiger partial charge in [0.05, 0.1) is 11.6 Å². The number of urea groups is 1. The second-order valence-electron chi connectivity index (χ2n) is 6.16. The molecule has 1 saturated heterocycles. The number of hydrazine groups is 1. The molecule has 1 atom stereocenters. The molecule has 0 aliphatic carbocycles. The van der Waals surface area contributed by atoms with E-state index >= 15 is 0 Å². The summed E-state index contributed by atoms with van der Waals surface area (Å²) < 4.78 is 5.32. The summed E-state index contributed by atoms with van der Waals surface area (Å²) in [6, 6.07) is 16.4. The Labute approximate surface area is 161 Å². The maximum absolute atomic E-state index is 12.9. The van der Waals surface area contributed by atoms with Gasteiger partial charge in [0.15, 0.2) is 6.61 Å². The Kier molecular flexibility index (Phi) is 5.27. The van der Waals surface area contributed by atoms with Gasteiger partial charge in [-0.3, -0.25) is 15.0 Å². The fourth-order valence-corrected chi connectivity index (χ4v) is 2.97. The number of rotatable bonds is 6. The molecule has 0 unspecified atom stereocenters. The van der Waals surface area contributed by atoms with Crippen molar-refractivity contribution in [2.75, 3.05) is 6.61 Å². The van der Waals surface area contributed by atoms with Gasteiger partial charge in [-0.15, -0.1) is 0 Å². The number of amides is 4. The number of benzene rings is 2. The summed E-state index contributed by atoms with van der Waals surface area (Å²) in [5.41, 5.74) is 2.17. The highest BCUT2D eigenvalue weighted by atomic mass is 16.5. The number of carbonyl (C=O) groups is 3. The number of nitrogens with one attached hydrogen (secondary N) is 2. The molecule has 8 heteroatoms. The molecular weight excluding hydrogens is 360 g/mol. The topological polar surface area (TPSA) is 112 Å². The van der Waals surface area contributed by atoms with E-state index in [0.717, 1.165) is 0 Å². The van der Waals surface area contributed by atoms with Crippen molar-refractivity contribution in [1.82, 2.24) is 15.8 Å². The molecule has 2 N–H and O–H groups in total. The maximum atomic E-state index is 12.9. The highest BCUT2D eigenvalue weighted by Crippen LogP contribution is 2.31. The fourth-order valence-electron chi connectivity index (χ4n) is 2.97. The summed E-state index contributed by atoms with van der Waals surface area (Å²) in [5, 5.41) is 12.1. The van der Waals surface area contributed by atoms with Crippen LogP contribution in [-0.4, -0.2) is 29.5 Å². The number of nitriles is 1. The average molecular weight is 378 g/mol. The molecule has 1 aliphatic heterocycles. The van der Waals surface area contributed by atoms with Crippen molar-refractivity contribution in [3.05, 3.63) is 65.7 Å². The first-order chi connectivity index (χ1) is 13.5. The van der Waals surface area contributed by atoms with Crippen LogP contribution >= 0.6 is 0 Å². The Morgan fingerprint density at radius 3 is 2.46 bits per heavy atom. The third-order valence-corrected chi connectivity index (χ3v) is 4.48. The molecule has 0 radical (unpaired) electrons. The van der Waals surface area contributed by atoms with Crippen molar-refractivity contribution in [1.29, 1.82) is 5.26 Å². The molecule has 0 saturated carbocycles. The van der Waals surface area contributed by atoms with Gasteiger partial charge in [0.2, 0.25) is 0 Å². The Balaban J connectivity index is 1.66. The van der Waals surface area contributed by atoms with E-state index in [1.807, 2.05) is 12.1 Å². The van der Waals surface area contributed by atoms with Crippen LogP contribution in [-0.2, 0) is 15.1 Å². The van der Waals surface area contributed by atoms with Crippen molar-refractivity contribution >= 4 is 17.8 Å². The van der Waals surface area contributed by atoms with E-state index < -0.39 is 30.0 Å². The van der Waals surface area contributed by atoms with Crippen LogP contribution in [0.25, 0.3) is 0 Å². The van der Waals surface area contributed by atoms with E-state index in [1.165, 1.54) is 0 Å². The SMILES string of the molecule is CC[C@@]1(c2ccccc2)NC(=O)N(NC(=O)COc2ccc(C#N)cc2)C1=O. The van der Waals surface area contributed by atoms with Gasteiger partial charge in [-0.25, -0.2) is 4.79 Å². The molecule has 28 heavy (non-hydrogen) atoms. The van der Waals surface area contributed by atoms with Crippen molar-refractivity contribution in [2.45, 2.75) is 18.9 Å². The number of hydrogen-bond donors (Lipinski definition) is 2. The minimum atomic E-state index is -1.22. The van der Waals surface area contributed by atoms with Gasteiger partial charge < -0.3 is 10.1 Å². The van der Waals surface area contributed by atoms with Gasteiger partial charge >= 0.3 is 6.03 Å². The predicted octanol–water partition coefficient (Wildman–Crippen LogP) is 1.83. The number of imide groups is 1. The Bertz CT molecular complexity index is 937. The number of hydrogen-bond acceptors (Lipinski definition) is 5. The molecule has 4 amide bonds. The third-order valence-electron chi connectivity index (χ3n) is 4.48. The van der Waals surface area contributed by atoms with Gasteiger partial charge in [-0.1, -0.05) is 37.3 Å². The zero-order valence-electron chi connectivity index (χ0n) is 15.1. The third kappa shape index (κ3) is 3.50. The zero-order valence-corrected chi connectivity index (χ0v) is 15.1. The van der Waals surface area contributed by atoms with Gasteiger partial charge in [0, 0.05) is 0 Å². The van der Waals surface area contributed by atoms with Crippen molar-refractivity contribution < 1.29 is 19.1 Å². The van der Waals surface area contributed by atoms with Crippen LogP contribution in [0, 0.1) is 11.3 Å². The summed E-state index contributed by atoms with van der Waals surface area (Å²) in [4.78, 5) is 37.4. The highest BCUT2D eigenvalue weighted by molar-refractivity contribution is 6.08. The molecular formula is C20H18N4O4. The van der Waals surface area contributed by atoms with Crippen molar-refractivity contribution in [3.63, 3.8) is 0 Å². The smallest absolute Gasteiger partial charge is 0.344 e. The second-order valence-corrected chi connectivity index (χ2v) is 6.16. The quantitative estimate of drug-likeness (QED) is 0.745. The van der Waals surface area contributed by atoms with Crippen LogP contribution in [0.1, 0.15) is 24.5 Å². The van der Waals surface area contributed by atoms with Crippen LogP contribution in [0.3, 0.4) is 0 Å². The molecule has 2 aromatic carbocycles. The second kappa shape index (κ2) is 7.80. The largest absolute Gasteiger partial charge is 0.484 e. The van der Waals surface area contributed by atoms with E-state index in [1.54, 1.807) is 55.5 Å². The first-order valence-corrected chi connectivity index (χ1v) is 8.65. The molecule has 3 rings (SSSR count). The molecule has 2 aromatic rings. The van der Waals surface area contributed by atoms with Crippen molar-refractivity contribution in [3.8, 4) is 11.8 Å². The number of ether oxygens (including phenoxy) is 1. The average Bonchev–Trinajstić information content (AvgIpc) is 2.98. The van der Waals surface area contributed by atoms with Crippen LogP contribution < -0.4 is 15.5 Å². The minimum Gasteiger partial charge on any atom is -0.484 e. The van der Waals surface area contributed by atoms with Gasteiger partial charge in [-0.05, 0) is 36.2 Å². The Morgan fingerprint density at radius 1 is 1.18 bits per heavy atom. The lowest BCUT2D eigenvalue weighted by Gasteiger charge is -2.25. The molecule has 0 bridgehead atoms. The van der Waals surface area contributed by atoms with Crippen LogP contribution in [0.2, 0.25) is 0 Å². The zero-order chi connectivity index (χ0) is 20.1. The highest BCUT2D eigenvalue weighted by Gasteiger charge is 2.52. The monoisotopic (exact) mass is 378 g/mol. The molecule has 1 heterocycles. The molecule has 0 spiro atoms. The van der Waals surface area contributed by atoms with E-state index in [9.17, 15) is 14.4 Å². The molecule has 0 aromatic heterocycles. The number of nitrogens with zero attached hydrogens (tertiary/aromatic N) is 2. The van der Waals surface area contributed by atoms with Crippen molar-refractivity contribution in [2.24, 2.45) is 0 Å². The van der Waals surface area contributed by atoms with Gasteiger partial charge in [0.25, 0.3) is 11.8 Å². The summed E-state index contributed by atoms with van der Waals surface area (Å²) in [5.74, 6) is -0.829. The molecule has 142 valence electrons. The lowest BCUT2D eigenvalue weighted by Crippen LogP contribution is -2.49. The Morgan fingerprint density at radius 2 is 1.86 bits per heavy atom. The molecule has 1 fully saturated rings. The first kappa shape index (κ1) is 18.9. The van der Waals surface area contributed by atoms with Crippen LogP contribution in [0.5, 0.6) is 5.75 Å².